The fraction of sp³-hybridized carbons (Fsp3) is 0.385. The second-order valence-electron chi connectivity index (χ2n) is 3.92. The van der Waals surface area contributed by atoms with Crippen LogP contribution in [-0.2, 0) is 14.3 Å². The summed E-state index contributed by atoms with van der Waals surface area (Å²) >= 11 is 0. The third-order valence-electron chi connectivity index (χ3n) is 2.53. The molecule has 1 aromatic carbocycles. The number of aliphatic imine (C=N–C) groups is 1. The van der Waals surface area contributed by atoms with Crippen LogP contribution in [0.3, 0.4) is 0 Å². The number of benzene rings is 1. The number of carbonyl (C=O) groups excluding carboxylic acids is 1. The average molecular weight is 249 g/mol. The molecule has 2 rings (SSSR count). The van der Waals surface area contributed by atoms with Gasteiger partial charge in [-0.25, -0.2) is 4.99 Å². The molecule has 0 bridgehead atoms. The van der Waals surface area contributed by atoms with Crippen LogP contribution in [0.4, 0.5) is 0 Å². The second-order valence-corrected chi connectivity index (χ2v) is 3.92. The Morgan fingerprint density at radius 3 is 2.78 bits per heavy atom. The first-order chi connectivity index (χ1) is 8.69. The van der Waals surface area contributed by atoms with Crippen molar-refractivity contribution in [2.24, 2.45) is 4.99 Å². The molecule has 0 amide bonds. The van der Waals surface area contributed by atoms with Gasteiger partial charge >= 0.3 is 5.97 Å². The van der Waals surface area contributed by atoms with Crippen molar-refractivity contribution in [1.29, 1.82) is 0 Å². The van der Waals surface area contributed by atoms with E-state index in [-0.39, 0.29) is 18.7 Å². The SMILES string of the molecule is COc1ccc(C2=NCC(COC(C)=O)O2)cc1. The maximum Gasteiger partial charge on any atom is 0.302 e. The molecule has 1 aromatic rings. The van der Waals surface area contributed by atoms with Gasteiger partial charge in [0.25, 0.3) is 0 Å². The summed E-state index contributed by atoms with van der Waals surface area (Å²) in [4.78, 5) is 15.0. The molecule has 1 heterocycles. The third kappa shape index (κ3) is 3.00. The summed E-state index contributed by atoms with van der Waals surface area (Å²) < 4.78 is 15.6. The van der Waals surface area contributed by atoms with Crippen LogP contribution in [0.25, 0.3) is 0 Å². The first-order valence-corrected chi connectivity index (χ1v) is 5.68. The van der Waals surface area contributed by atoms with Crippen LogP contribution < -0.4 is 4.74 Å². The molecule has 0 saturated carbocycles. The van der Waals surface area contributed by atoms with Crippen molar-refractivity contribution in [2.75, 3.05) is 20.3 Å². The second kappa shape index (κ2) is 5.53. The van der Waals surface area contributed by atoms with Crippen LogP contribution in [0, 0.1) is 0 Å². The van der Waals surface area contributed by atoms with Crippen molar-refractivity contribution in [3.05, 3.63) is 29.8 Å². The molecule has 1 aliphatic heterocycles. The van der Waals surface area contributed by atoms with Crippen LogP contribution in [0.2, 0.25) is 0 Å². The molecule has 0 N–H and O–H groups in total. The normalized spacial score (nSPS) is 17.9. The van der Waals surface area contributed by atoms with E-state index in [4.69, 9.17) is 14.2 Å². The fourth-order valence-electron chi connectivity index (χ4n) is 1.61. The first kappa shape index (κ1) is 12.4. The molecular weight excluding hydrogens is 234 g/mol. The van der Waals surface area contributed by atoms with Crippen LogP contribution in [0.5, 0.6) is 5.75 Å². The highest BCUT2D eigenvalue weighted by Crippen LogP contribution is 2.16. The zero-order chi connectivity index (χ0) is 13.0. The van der Waals surface area contributed by atoms with Gasteiger partial charge in [0.05, 0.1) is 13.7 Å². The summed E-state index contributed by atoms with van der Waals surface area (Å²) in [7, 11) is 1.62. The van der Waals surface area contributed by atoms with Crippen molar-refractivity contribution in [1.82, 2.24) is 0 Å². The van der Waals surface area contributed by atoms with E-state index in [0.29, 0.717) is 12.4 Å². The van der Waals surface area contributed by atoms with E-state index in [2.05, 4.69) is 4.99 Å². The van der Waals surface area contributed by atoms with Crippen LogP contribution in [0.15, 0.2) is 29.3 Å². The van der Waals surface area contributed by atoms with E-state index < -0.39 is 0 Å². The van der Waals surface area contributed by atoms with Crippen molar-refractivity contribution < 1.29 is 19.0 Å². The van der Waals surface area contributed by atoms with Crippen molar-refractivity contribution in [2.45, 2.75) is 13.0 Å². The van der Waals surface area contributed by atoms with E-state index in [0.717, 1.165) is 11.3 Å². The predicted octanol–water partition coefficient (Wildman–Crippen LogP) is 1.40. The number of hydrogen-bond donors (Lipinski definition) is 0. The highest BCUT2D eigenvalue weighted by atomic mass is 16.6. The average Bonchev–Trinajstić information content (AvgIpc) is 2.85. The fourth-order valence-corrected chi connectivity index (χ4v) is 1.61. The van der Waals surface area contributed by atoms with Crippen molar-refractivity contribution in [3.8, 4) is 5.75 Å². The number of rotatable bonds is 4. The summed E-state index contributed by atoms with van der Waals surface area (Å²) in [6.07, 6.45) is -0.189. The molecule has 0 spiro atoms. The molecule has 1 atom stereocenters. The summed E-state index contributed by atoms with van der Waals surface area (Å²) in [6.45, 7) is 2.12. The molecule has 1 unspecified atom stereocenters. The lowest BCUT2D eigenvalue weighted by molar-refractivity contribution is -0.143. The Hall–Kier alpha value is -2.04. The minimum absolute atomic E-state index is 0.189. The van der Waals surface area contributed by atoms with Crippen molar-refractivity contribution >= 4 is 11.9 Å². The molecular formula is C13H15NO4. The number of carbonyl (C=O) groups is 1. The smallest absolute Gasteiger partial charge is 0.302 e. The Kier molecular flexibility index (Phi) is 3.82. The number of esters is 1. The Morgan fingerprint density at radius 2 is 2.17 bits per heavy atom. The van der Waals surface area contributed by atoms with E-state index >= 15 is 0 Å². The van der Waals surface area contributed by atoms with E-state index in [1.54, 1.807) is 7.11 Å². The first-order valence-electron chi connectivity index (χ1n) is 5.68. The quantitative estimate of drug-likeness (QED) is 0.757. The van der Waals surface area contributed by atoms with E-state index in [1.807, 2.05) is 24.3 Å². The summed E-state index contributed by atoms with van der Waals surface area (Å²) in [5.74, 6) is 1.06. The lowest BCUT2D eigenvalue weighted by Crippen LogP contribution is -2.21. The van der Waals surface area contributed by atoms with Gasteiger partial charge in [0.2, 0.25) is 5.90 Å². The summed E-state index contributed by atoms with van der Waals surface area (Å²) in [6, 6.07) is 7.46. The van der Waals surface area contributed by atoms with Gasteiger partial charge in [0, 0.05) is 12.5 Å². The van der Waals surface area contributed by atoms with E-state index in [9.17, 15) is 4.79 Å². The lowest BCUT2D eigenvalue weighted by Gasteiger charge is -2.11. The number of methoxy groups -OCH3 is 1. The lowest BCUT2D eigenvalue weighted by atomic mass is 10.2. The molecule has 18 heavy (non-hydrogen) atoms. The molecule has 5 heteroatoms. The Balaban J connectivity index is 1.93. The minimum atomic E-state index is -0.309. The molecule has 0 aliphatic carbocycles. The van der Waals surface area contributed by atoms with Gasteiger partial charge < -0.3 is 14.2 Å². The number of hydrogen-bond acceptors (Lipinski definition) is 5. The third-order valence-corrected chi connectivity index (χ3v) is 2.53. The highest BCUT2D eigenvalue weighted by Gasteiger charge is 2.21. The zero-order valence-corrected chi connectivity index (χ0v) is 10.4. The van der Waals surface area contributed by atoms with Gasteiger partial charge in [0.1, 0.15) is 12.4 Å². The molecule has 96 valence electrons. The topological polar surface area (TPSA) is 57.1 Å². The van der Waals surface area contributed by atoms with E-state index in [1.165, 1.54) is 6.92 Å². The summed E-state index contributed by atoms with van der Waals surface area (Å²) in [5.41, 5.74) is 0.890. The van der Waals surface area contributed by atoms with Gasteiger partial charge in [-0.2, -0.15) is 0 Å². The van der Waals surface area contributed by atoms with Gasteiger partial charge in [-0.05, 0) is 24.3 Å². The molecule has 0 fully saturated rings. The van der Waals surface area contributed by atoms with Crippen LogP contribution in [0.1, 0.15) is 12.5 Å². The predicted molar refractivity (Wildman–Crippen MR) is 65.9 cm³/mol. The molecule has 0 radical (unpaired) electrons. The maximum atomic E-state index is 10.7. The monoisotopic (exact) mass is 249 g/mol. The minimum Gasteiger partial charge on any atom is -0.497 e. The Bertz CT molecular complexity index is 453. The number of nitrogens with zero attached hydrogens (tertiary/aromatic N) is 1. The standard InChI is InChI=1S/C13H15NO4/c1-9(15)17-8-12-7-14-13(18-12)10-3-5-11(16-2)6-4-10/h3-6,12H,7-8H2,1-2H3. The maximum absolute atomic E-state index is 10.7. The molecule has 5 nitrogen and oxygen atoms in total. The van der Waals surface area contributed by atoms with Gasteiger partial charge in [0.15, 0.2) is 6.10 Å². The zero-order valence-electron chi connectivity index (χ0n) is 10.4. The van der Waals surface area contributed by atoms with Gasteiger partial charge in [-0.1, -0.05) is 0 Å². The molecule has 0 aromatic heterocycles. The van der Waals surface area contributed by atoms with Crippen molar-refractivity contribution in [3.63, 3.8) is 0 Å². The Morgan fingerprint density at radius 1 is 1.44 bits per heavy atom. The van der Waals surface area contributed by atoms with Crippen LogP contribution in [-0.4, -0.2) is 38.2 Å². The highest BCUT2D eigenvalue weighted by molar-refractivity contribution is 5.95. The van der Waals surface area contributed by atoms with Gasteiger partial charge in [-0.3, -0.25) is 4.79 Å². The number of ether oxygens (including phenoxy) is 3. The molecule has 0 saturated heterocycles. The summed E-state index contributed by atoms with van der Waals surface area (Å²) in [5, 5.41) is 0. The van der Waals surface area contributed by atoms with Gasteiger partial charge in [-0.15, -0.1) is 0 Å². The van der Waals surface area contributed by atoms with Crippen LogP contribution >= 0.6 is 0 Å². The largest absolute Gasteiger partial charge is 0.497 e. The molecule has 1 aliphatic rings. The Labute approximate surface area is 105 Å².